The number of ether oxygens (including phenoxy) is 1. The van der Waals surface area contributed by atoms with Crippen LogP contribution >= 0.6 is 0 Å². The van der Waals surface area contributed by atoms with Crippen molar-refractivity contribution in [3.05, 3.63) is 59.4 Å². The Morgan fingerprint density at radius 2 is 1.97 bits per heavy atom. The minimum Gasteiger partial charge on any atom is -0.449 e. The number of sulfonamides is 1. The van der Waals surface area contributed by atoms with Crippen molar-refractivity contribution in [2.45, 2.75) is 32.4 Å². The van der Waals surface area contributed by atoms with Crippen LogP contribution in [0.1, 0.15) is 29.8 Å². The second-order valence-corrected chi connectivity index (χ2v) is 8.86. The Kier molecular flexibility index (Phi) is 5.61. The molecule has 9 heteroatoms. The maximum absolute atomic E-state index is 13.2. The molecule has 0 radical (unpaired) electrons. The van der Waals surface area contributed by atoms with Crippen LogP contribution in [0.25, 0.3) is 0 Å². The number of carbonyl (C=O) groups excluding carboxylic acids is 2. The van der Waals surface area contributed by atoms with Gasteiger partial charge >= 0.3 is 5.97 Å². The second kappa shape index (κ2) is 7.82. The maximum atomic E-state index is 13.2. The van der Waals surface area contributed by atoms with Gasteiger partial charge in [0.1, 0.15) is 5.82 Å². The van der Waals surface area contributed by atoms with Crippen molar-refractivity contribution < 1.29 is 27.1 Å². The molecular weight excluding hydrogens is 399 g/mol. The average molecular weight is 420 g/mol. The smallest absolute Gasteiger partial charge is 0.338 e. The summed E-state index contributed by atoms with van der Waals surface area (Å²) in [4.78, 5) is 24.6. The number of carbonyl (C=O) groups is 2. The van der Waals surface area contributed by atoms with Crippen LogP contribution in [0.5, 0.6) is 0 Å². The molecule has 1 N–H and O–H groups in total. The zero-order chi connectivity index (χ0) is 21.3. The molecule has 1 aliphatic heterocycles. The fourth-order valence-electron chi connectivity index (χ4n) is 3.33. The first kappa shape index (κ1) is 20.8. The lowest BCUT2D eigenvalue weighted by molar-refractivity contribution is -0.123. The highest BCUT2D eigenvalue weighted by atomic mass is 32.2. The molecule has 1 heterocycles. The lowest BCUT2D eigenvalue weighted by Crippen LogP contribution is -2.34. The van der Waals surface area contributed by atoms with Crippen molar-refractivity contribution in [1.29, 1.82) is 0 Å². The highest BCUT2D eigenvalue weighted by Crippen LogP contribution is 2.34. The van der Waals surface area contributed by atoms with Gasteiger partial charge in [0.25, 0.3) is 5.91 Å². The number of nitrogens with zero attached hydrogens (tertiary/aromatic N) is 1. The summed E-state index contributed by atoms with van der Waals surface area (Å²) >= 11 is 0. The molecule has 2 atom stereocenters. The van der Waals surface area contributed by atoms with Crippen molar-refractivity contribution in [2.24, 2.45) is 0 Å². The Morgan fingerprint density at radius 1 is 1.24 bits per heavy atom. The van der Waals surface area contributed by atoms with Crippen LogP contribution in [0.2, 0.25) is 0 Å². The molecule has 29 heavy (non-hydrogen) atoms. The highest BCUT2D eigenvalue weighted by molar-refractivity contribution is 7.92. The van der Waals surface area contributed by atoms with Crippen molar-refractivity contribution in [3.63, 3.8) is 0 Å². The van der Waals surface area contributed by atoms with Crippen molar-refractivity contribution >= 4 is 33.3 Å². The molecule has 2 aromatic carbocycles. The number of hydrogen-bond acceptors (Lipinski definition) is 5. The van der Waals surface area contributed by atoms with Gasteiger partial charge in [-0.1, -0.05) is 6.07 Å². The summed E-state index contributed by atoms with van der Waals surface area (Å²) in [5.41, 5.74) is 1.73. The van der Waals surface area contributed by atoms with E-state index in [1.807, 2.05) is 0 Å². The maximum Gasteiger partial charge on any atom is 0.338 e. The number of esters is 1. The Bertz CT molecular complexity index is 1070. The normalized spacial score (nSPS) is 16.8. The van der Waals surface area contributed by atoms with Gasteiger partial charge in [-0.05, 0) is 62.2 Å². The fraction of sp³-hybridized carbons (Fsp3) is 0.300. The molecule has 7 nitrogen and oxygen atoms in total. The number of anilines is 2. The van der Waals surface area contributed by atoms with Gasteiger partial charge in [-0.15, -0.1) is 0 Å². The van der Waals surface area contributed by atoms with Gasteiger partial charge in [-0.2, -0.15) is 0 Å². The van der Waals surface area contributed by atoms with Crippen LogP contribution in [0.15, 0.2) is 42.5 Å². The standard InChI is InChI=1S/C20H21FN2O5S/c1-12-9-15-10-14(7-8-18(15)23(12)29(3,26)27)20(25)28-13(2)19(24)22-17-6-4-5-16(21)11-17/h4-8,10-13H,9H2,1-3H3,(H,22,24)/t12-,13-/m0/s1. The van der Waals surface area contributed by atoms with Crippen LogP contribution < -0.4 is 9.62 Å². The topological polar surface area (TPSA) is 92.8 Å². The SMILES string of the molecule is C[C@H](OC(=O)c1ccc2c(c1)C[C@H](C)N2S(C)(=O)=O)C(=O)Nc1cccc(F)c1. The van der Waals surface area contributed by atoms with E-state index in [-0.39, 0.29) is 17.3 Å². The van der Waals surface area contributed by atoms with Crippen molar-refractivity contribution in [2.75, 3.05) is 15.9 Å². The minimum atomic E-state index is -3.42. The first-order valence-electron chi connectivity index (χ1n) is 8.96. The first-order chi connectivity index (χ1) is 13.6. The van der Waals surface area contributed by atoms with Gasteiger partial charge in [0.05, 0.1) is 17.5 Å². The highest BCUT2D eigenvalue weighted by Gasteiger charge is 2.33. The van der Waals surface area contributed by atoms with E-state index < -0.39 is 33.8 Å². The van der Waals surface area contributed by atoms with E-state index in [0.29, 0.717) is 17.7 Å². The predicted molar refractivity (Wildman–Crippen MR) is 107 cm³/mol. The van der Waals surface area contributed by atoms with Gasteiger partial charge in [-0.25, -0.2) is 17.6 Å². The quantitative estimate of drug-likeness (QED) is 0.751. The summed E-state index contributed by atoms with van der Waals surface area (Å²) in [6, 6.07) is 9.74. The molecule has 0 fully saturated rings. The Labute approximate surface area is 168 Å². The van der Waals surface area contributed by atoms with Crippen LogP contribution in [0, 0.1) is 5.82 Å². The van der Waals surface area contributed by atoms with Crippen LogP contribution in [-0.4, -0.2) is 38.7 Å². The number of nitrogens with one attached hydrogen (secondary N) is 1. The van der Waals surface area contributed by atoms with Crippen molar-refractivity contribution in [3.8, 4) is 0 Å². The Hall–Kier alpha value is -2.94. The monoisotopic (exact) mass is 420 g/mol. The number of amides is 1. The number of rotatable bonds is 5. The molecule has 0 aliphatic carbocycles. The third-order valence-corrected chi connectivity index (χ3v) is 5.84. The van der Waals surface area contributed by atoms with Gasteiger partial charge in [0, 0.05) is 11.7 Å². The molecule has 0 aromatic heterocycles. The summed E-state index contributed by atoms with van der Waals surface area (Å²) in [6.45, 7) is 3.20. The van der Waals surface area contributed by atoms with Gasteiger partial charge in [-0.3, -0.25) is 9.10 Å². The van der Waals surface area contributed by atoms with E-state index in [1.54, 1.807) is 19.1 Å². The summed E-state index contributed by atoms with van der Waals surface area (Å²) in [5, 5.41) is 2.48. The molecule has 1 amide bonds. The zero-order valence-electron chi connectivity index (χ0n) is 16.2. The summed E-state index contributed by atoms with van der Waals surface area (Å²) in [7, 11) is -3.42. The number of benzene rings is 2. The lowest BCUT2D eigenvalue weighted by Gasteiger charge is -2.22. The number of halogens is 1. The second-order valence-electron chi connectivity index (χ2n) is 7.00. The molecule has 0 unspecified atom stereocenters. The molecule has 0 spiro atoms. The van der Waals surface area contributed by atoms with Crippen LogP contribution in [0.3, 0.4) is 0 Å². The third-order valence-electron chi connectivity index (χ3n) is 4.57. The summed E-state index contributed by atoms with van der Waals surface area (Å²) in [5.74, 6) is -1.80. The van der Waals surface area contributed by atoms with Gasteiger partial charge < -0.3 is 10.1 Å². The zero-order valence-corrected chi connectivity index (χ0v) is 17.0. The predicted octanol–water partition coefficient (Wildman–Crippen LogP) is 2.72. The molecule has 0 bridgehead atoms. The molecular formula is C20H21FN2O5S. The van der Waals surface area contributed by atoms with Crippen molar-refractivity contribution in [1.82, 2.24) is 0 Å². The summed E-state index contributed by atoms with van der Waals surface area (Å²) in [6.07, 6.45) is 0.504. The first-order valence-corrected chi connectivity index (χ1v) is 10.8. The van der Waals surface area contributed by atoms with E-state index in [4.69, 9.17) is 4.74 Å². The average Bonchev–Trinajstić information content (AvgIpc) is 2.96. The largest absolute Gasteiger partial charge is 0.449 e. The van der Waals surface area contributed by atoms with E-state index >= 15 is 0 Å². The van der Waals surface area contributed by atoms with Gasteiger partial charge in [0.15, 0.2) is 6.10 Å². The Balaban J connectivity index is 1.70. The van der Waals surface area contributed by atoms with E-state index in [1.165, 1.54) is 35.5 Å². The molecule has 2 aromatic rings. The molecule has 1 aliphatic rings. The van der Waals surface area contributed by atoms with Gasteiger partial charge in [0.2, 0.25) is 10.0 Å². The van der Waals surface area contributed by atoms with Crippen LogP contribution in [-0.2, 0) is 26.0 Å². The molecule has 154 valence electrons. The van der Waals surface area contributed by atoms with E-state index in [9.17, 15) is 22.4 Å². The number of hydrogen-bond donors (Lipinski definition) is 1. The minimum absolute atomic E-state index is 0.219. The third kappa shape index (κ3) is 4.56. The van der Waals surface area contributed by atoms with E-state index in [0.717, 1.165) is 12.3 Å². The van der Waals surface area contributed by atoms with E-state index in [2.05, 4.69) is 5.32 Å². The summed E-state index contributed by atoms with van der Waals surface area (Å²) < 4.78 is 43.7. The molecule has 0 saturated heterocycles. The fourth-order valence-corrected chi connectivity index (χ4v) is 4.59. The molecule has 3 rings (SSSR count). The number of fused-ring (bicyclic) bond motifs is 1. The lowest BCUT2D eigenvalue weighted by atomic mass is 10.1. The Morgan fingerprint density at radius 3 is 2.62 bits per heavy atom. The van der Waals surface area contributed by atoms with Crippen LogP contribution in [0.4, 0.5) is 15.8 Å². The molecule has 0 saturated carbocycles.